The van der Waals surface area contributed by atoms with E-state index in [0.29, 0.717) is 35.3 Å². The summed E-state index contributed by atoms with van der Waals surface area (Å²) in [6, 6.07) is 11.5. The van der Waals surface area contributed by atoms with Crippen molar-refractivity contribution in [1.82, 2.24) is 24.1 Å². The van der Waals surface area contributed by atoms with Crippen LogP contribution in [-0.2, 0) is 17.9 Å². The van der Waals surface area contributed by atoms with Gasteiger partial charge in [0.05, 0.1) is 23.2 Å². The molecule has 0 saturated carbocycles. The van der Waals surface area contributed by atoms with Gasteiger partial charge in [-0.3, -0.25) is 18.6 Å². The molecule has 0 radical (unpaired) electrons. The number of nitrogens with zero attached hydrogens (tertiary/aromatic N) is 5. The maximum atomic E-state index is 13.1. The summed E-state index contributed by atoms with van der Waals surface area (Å²) in [7, 11) is 1.81. The predicted molar refractivity (Wildman–Crippen MR) is 126 cm³/mol. The monoisotopic (exact) mass is 455 g/mol. The molecule has 0 saturated heterocycles. The number of benzene rings is 1. The number of aryl methyl sites for hydroxylation is 1. The van der Waals surface area contributed by atoms with Gasteiger partial charge < -0.3 is 4.90 Å². The van der Waals surface area contributed by atoms with E-state index < -0.39 is 0 Å². The molecule has 0 aliphatic rings. The highest BCUT2D eigenvalue weighted by Gasteiger charge is 2.18. The first kappa shape index (κ1) is 21.6. The minimum absolute atomic E-state index is 0.0209. The third-order valence-corrected chi connectivity index (χ3v) is 6.91. The Labute approximate surface area is 188 Å². The third-order valence-electron chi connectivity index (χ3n) is 5.13. The second kappa shape index (κ2) is 9.23. The van der Waals surface area contributed by atoms with Crippen LogP contribution < -0.4 is 5.56 Å². The van der Waals surface area contributed by atoms with E-state index in [-0.39, 0.29) is 17.2 Å². The van der Waals surface area contributed by atoms with Crippen LogP contribution in [0.2, 0.25) is 0 Å². The number of rotatable bonds is 8. The van der Waals surface area contributed by atoms with Crippen molar-refractivity contribution in [2.24, 2.45) is 5.92 Å². The fourth-order valence-electron chi connectivity index (χ4n) is 3.38. The quantitative estimate of drug-likeness (QED) is 0.377. The van der Waals surface area contributed by atoms with Crippen LogP contribution in [0.3, 0.4) is 0 Å². The lowest BCUT2D eigenvalue weighted by Crippen LogP contribution is -2.27. The zero-order valence-electron chi connectivity index (χ0n) is 17.8. The van der Waals surface area contributed by atoms with Crippen molar-refractivity contribution in [2.75, 3.05) is 12.8 Å². The molecule has 7 nitrogen and oxygen atoms in total. The zero-order valence-corrected chi connectivity index (χ0v) is 19.4. The molecule has 3 aromatic heterocycles. The van der Waals surface area contributed by atoms with Gasteiger partial charge in [-0.15, -0.1) is 21.5 Å². The molecule has 1 amide bonds. The lowest BCUT2D eigenvalue weighted by molar-refractivity contribution is -0.127. The third kappa shape index (κ3) is 4.52. The molecule has 0 fully saturated rings. The standard InChI is InChI=1S/C22H25N5O2S2/c1-15(2)10-11-26-20(29)17-8-4-5-9-18(17)27-21(26)23-24-22(27)31-14-19(28)25(3)13-16-7-6-12-30-16/h4-9,12,15H,10-11,13-14H2,1-3H3. The first-order valence-electron chi connectivity index (χ1n) is 10.2. The van der Waals surface area contributed by atoms with Crippen molar-refractivity contribution in [3.8, 4) is 0 Å². The number of para-hydroxylation sites is 1. The van der Waals surface area contributed by atoms with Gasteiger partial charge in [-0.05, 0) is 35.9 Å². The molecule has 0 unspecified atom stereocenters. The highest BCUT2D eigenvalue weighted by molar-refractivity contribution is 7.99. The molecule has 0 N–H and O–H groups in total. The first-order valence-corrected chi connectivity index (χ1v) is 12.1. The van der Waals surface area contributed by atoms with Crippen molar-refractivity contribution in [3.63, 3.8) is 0 Å². The molecule has 4 aromatic rings. The van der Waals surface area contributed by atoms with E-state index >= 15 is 0 Å². The summed E-state index contributed by atoms with van der Waals surface area (Å²) >= 11 is 2.98. The van der Waals surface area contributed by atoms with Crippen LogP contribution >= 0.6 is 23.1 Å². The molecule has 4 rings (SSSR count). The van der Waals surface area contributed by atoms with Crippen molar-refractivity contribution in [1.29, 1.82) is 0 Å². The molecular weight excluding hydrogens is 430 g/mol. The second-order valence-electron chi connectivity index (χ2n) is 7.89. The fourth-order valence-corrected chi connectivity index (χ4v) is 5.01. The summed E-state index contributed by atoms with van der Waals surface area (Å²) in [5.74, 6) is 1.26. The average Bonchev–Trinajstić information content (AvgIpc) is 3.41. The molecule has 0 aliphatic carbocycles. The lowest BCUT2D eigenvalue weighted by Gasteiger charge is -2.16. The van der Waals surface area contributed by atoms with E-state index in [1.165, 1.54) is 11.8 Å². The Bertz CT molecular complexity index is 1260. The summed E-state index contributed by atoms with van der Waals surface area (Å²) in [6.45, 7) is 5.44. The number of amides is 1. The molecule has 3 heterocycles. The predicted octanol–water partition coefficient (Wildman–Crippen LogP) is 3.90. The summed E-state index contributed by atoms with van der Waals surface area (Å²) in [5.41, 5.74) is 0.703. The molecule has 31 heavy (non-hydrogen) atoms. The molecule has 0 atom stereocenters. The normalized spacial score (nSPS) is 11.6. The zero-order chi connectivity index (χ0) is 22.0. The molecule has 1 aromatic carbocycles. The van der Waals surface area contributed by atoms with E-state index in [9.17, 15) is 9.59 Å². The minimum atomic E-state index is -0.0561. The smallest absolute Gasteiger partial charge is 0.262 e. The van der Waals surface area contributed by atoms with Crippen LogP contribution in [-0.4, -0.2) is 42.8 Å². The van der Waals surface area contributed by atoms with Gasteiger partial charge in [0, 0.05) is 18.5 Å². The molecule has 0 spiro atoms. The Morgan fingerprint density at radius 2 is 2.00 bits per heavy atom. The Morgan fingerprint density at radius 1 is 1.19 bits per heavy atom. The van der Waals surface area contributed by atoms with Gasteiger partial charge in [-0.2, -0.15) is 0 Å². The molecular formula is C22H25N5O2S2. The van der Waals surface area contributed by atoms with Gasteiger partial charge in [0.15, 0.2) is 5.16 Å². The van der Waals surface area contributed by atoms with Crippen LogP contribution in [0.15, 0.2) is 51.7 Å². The number of thiophene rings is 1. The number of carbonyl (C=O) groups is 1. The Kier molecular flexibility index (Phi) is 6.43. The van der Waals surface area contributed by atoms with Crippen LogP contribution in [0.4, 0.5) is 0 Å². The van der Waals surface area contributed by atoms with Gasteiger partial charge in [-0.1, -0.05) is 43.8 Å². The molecule has 0 aliphatic heterocycles. The SMILES string of the molecule is CC(C)CCn1c(=O)c2ccccc2n2c(SCC(=O)N(C)Cc3cccs3)nnc12. The largest absolute Gasteiger partial charge is 0.340 e. The minimum Gasteiger partial charge on any atom is -0.340 e. The lowest BCUT2D eigenvalue weighted by atomic mass is 10.1. The summed E-state index contributed by atoms with van der Waals surface area (Å²) in [4.78, 5) is 28.6. The van der Waals surface area contributed by atoms with Gasteiger partial charge in [0.2, 0.25) is 11.7 Å². The fraction of sp³-hybridized carbons (Fsp3) is 0.364. The first-order chi connectivity index (χ1) is 15.0. The van der Waals surface area contributed by atoms with E-state index in [0.717, 1.165) is 16.8 Å². The summed E-state index contributed by atoms with van der Waals surface area (Å²) in [6.07, 6.45) is 0.870. The van der Waals surface area contributed by atoms with Crippen molar-refractivity contribution >= 4 is 45.7 Å². The Hall–Kier alpha value is -2.65. The Balaban J connectivity index is 1.64. The number of fused-ring (bicyclic) bond motifs is 3. The maximum Gasteiger partial charge on any atom is 0.262 e. The van der Waals surface area contributed by atoms with Crippen LogP contribution in [0.5, 0.6) is 0 Å². The number of hydrogen-bond acceptors (Lipinski definition) is 6. The van der Waals surface area contributed by atoms with E-state index in [4.69, 9.17) is 0 Å². The number of carbonyl (C=O) groups excluding carboxylic acids is 1. The van der Waals surface area contributed by atoms with Crippen LogP contribution in [0.1, 0.15) is 25.1 Å². The van der Waals surface area contributed by atoms with Crippen molar-refractivity contribution in [3.05, 3.63) is 57.0 Å². The summed E-state index contributed by atoms with van der Waals surface area (Å²) in [5, 5.41) is 11.9. The number of thioether (sulfide) groups is 1. The van der Waals surface area contributed by atoms with E-state index in [1.807, 2.05) is 53.2 Å². The number of hydrogen-bond donors (Lipinski definition) is 0. The van der Waals surface area contributed by atoms with Crippen LogP contribution in [0, 0.1) is 5.92 Å². The van der Waals surface area contributed by atoms with Gasteiger partial charge >= 0.3 is 0 Å². The van der Waals surface area contributed by atoms with Gasteiger partial charge in [0.25, 0.3) is 5.56 Å². The van der Waals surface area contributed by atoms with Crippen LogP contribution in [0.25, 0.3) is 16.7 Å². The van der Waals surface area contributed by atoms with Crippen molar-refractivity contribution in [2.45, 2.75) is 38.5 Å². The second-order valence-corrected chi connectivity index (χ2v) is 9.87. The van der Waals surface area contributed by atoms with E-state index in [2.05, 4.69) is 24.0 Å². The highest BCUT2D eigenvalue weighted by atomic mass is 32.2. The molecule has 0 bridgehead atoms. The number of aromatic nitrogens is 4. The Morgan fingerprint density at radius 3 is 2.74 bits per heavy atom. The summed E-state index contributed by atoms with van der Waals surface area (Å²) < 4.78 is 3.60. The van der Waals surface area contributed by atoms with Gasteiger partial charge in [-0.25, -0.2) is 0 Å². The average molecular weight is 456 g/mol. The van der Waals surface area contributed by atoms with Gasteiger partial charge in [0.1, 0.15) is 0 Å². The van der Waals surface area contributed by atoms with E-state index in [1.54, 1.807) is 20.8 Å². The van der Waals surface area contributed by atoms with Crippen molar-refractivity contribution < 1.29 is 4.79 Å². The highest BCUT2D eigenvalue weighted by Crippen LogP contribution is 2.22. The molecule has 162 valence electrons. The topological polar surface area (TPSA) is 72.5 Å². The molecule has 9 heteroatoms. The maximum absolute atomic E-state index is 13.1.